The van der Waals surface area contributed by atoms with E-state index < -0.39 is 41.8 Å². The summed E-state index contributed by atoms with van der Waals surface area (Å²) in [7, 11) is 1.13. The summed E-state index contributed by atoms with van der Waals surface area (Å²) in [4.78, 5) is 10.8. The molecule has 0 N–H and O–H groups in total. The highest BCUT2D eigenvalue weighted by Crippen LogP contribution is 2.43. The topological polar surface area (TPSA) is 63.2 Å². The smallest absolute Gasteiger partial charge is 0.493 e. The molecule has 12 heteroatoms. The van der Waals surface area contributed by atoms with Crippen molar-refractivity contribution in [2.24, 2.45) is 0 Å². The van der Waals surface area contributed by atoms with Crippen molar-refractivity contribution in [2.75, 3.05) is 7.11 Å². The Labute approximate surface area is 188 Å². The first-order valence-electron chi connectivity index (χ1n) is 9.21. The van der Waals surface area contributed by atoms with Crippen LogP contribution in [0, 0.1) is 5.82 Å². The van der Waals surface area contributed by atoms with Crippen LogP contribution in [-0.4, -0.2) is 26.4 Å². The van der Waals surface area contributed by atoms with E-state index in [9.17, 15) is 31.1 Å². The molecule has 0 fully saturated rings. The van der Waals surface area contributed by atoms with Crippen LogP contribution in [0.2, 0.25) is 0 Å². The Morgan fingerprint density at radius 1 is 0.824 bits per heavy atom. The van der Waals surface area contributed by atoms with E-state index in [1.807, 2.05) is 0 Å². The van der Waals surface area contributed by atoms with Gasteiger partial charge in [-0.15, -0.1) is 13.2 Å². The fourth-order valence-electron chi connectivity index (χ4n) is 2.67. The maximum atomic E-state index is 14.8. The maximum Gasteiger partial charge on any atom is 0.573 e. The molecule has 3 aromatic rings. The van der Waals surface area contributed by atoms with Gasteiger partial charge in [0.25, 0.3) is 0 Å². The number of ether oxygens (including phenoxy) is 5. The third-order valence-corrected chi connectivity index (χ3v) is 4.03. The van der Waals surface area contributed by atoms with Gasteiger partial charge in [-0.3, -0.25) is 4.79 Å². The highest BCUT2D eigenvalue weighted by atomic mass is 19.4. The van der Waals surface area contributed by atoms with Crippen LogP contribution in [-0.2, 0) is 0 Å². The predicted molar refractivity (Wildman–Crippen MR) is 105 cm³/mol. The zero-order valence-corrected chi connectivity index (χ0v) is 17.1. The van der Waals surface area contributed by atoms with Crippen LogP contribution in [0.25, 0.3) is 0 Å². The molecule has 0 aromatic heterocycles. The number of carbonyl (C=O) groups is 1. The van der Waals surface area contributed by atoms with Gasteiger partial charge in [0.15, 0.2) is 23.1 Å². The van der Waals surface area contributed by atoms with E-state index >= 15 is 0 Å². The Bertz CT molecular complexity index is 1150. The molecule has 3 rings (SSSR count). The largest absolute Gasteiger partial charge is 0.573 e. The molecule has 0 bridgehead atoms. The van der Waals surface area contributed by atoms with E-state index in [0.717, 1.165) is 31.4 Å². The third kappa shape index (κ3) is 6.47. The normalized spacial score (nSPS) is 11.2. The molecule has 0 saturated carbocycles. The molecule has 180 valence electrons. The summed E-state index contributed by atoms with van der Waals surface area (Å²) in [5, 5.41) is 0. The Morgan fingerprint density at radius 3 is 2.06 bits per heavy atom. The van der Waals surface area contributed by atoms with E-state index in [0.29, 0.717) is 17.9 Å². The van der Waals surface area contributed by atoms with Crippen molar-refractivity contribution >= 4 is 6.29 Å². The molecular formula is C22H14F6O6. The summed E-state index contributed by atoms with van der Waals surface area (Å²) in [5.74, 6) is -3.79. The van der Waals surface area contributed by atoms with E-state index in [4.69, 9.17) is 14.2 Å². The van der Waals surface area contributed by atoms with Gasteiger partial charge in [0.1, 0.15) is 23.5 Å². The fraction of sp³-hybridized carbons (Fsp3) is 0.136. The molecule has 0 spiro atoms. The highest BCUT2D eigenvalue weighted by molar-refractivity contribution is 5.74. The quantitative estimate of drug-likeness (QED) is 0.246. The van der Waals surface area contributed by atoms with Crippen molar-refractivity contribution in [1.82, 2.24) is 0 Å². The third-order valence-electron chi connectivity index (χ3n) is 4.03. The van der Waals surface area contributed by atoms with Gasteiger partial charge >= 0.3 is 13.0 Å². The standard InChI is InChI=1S/C22H14F6O6/c1-30-18-9-14(34-22(26,27)28)6-7-17(18)33-19-10-15(32-21(24)25)8-16(23)20(19)31-13-4-2-12(11-29)3-5-13/h2-11,21H,1H3. The Balaban J connectivity index is 2.00. The van der Waals surface area contributed by atoms with Crippen molar-refractivity contribution in [3.63, 3.8) is 0 Å². The number of carbonyl (C=O) groups excluding carboxylic acids is 1. The van der Waals surface area contributed by atoms with E-state index in [1.165, 1.54) is 24.3 Å². The average Bonchev–Trinajstić information content (AvgIpc) is 2.76. The number of rotatable bonds is 9. The Kier molecular flexibility index (Phi) is 7.39. The van der Waals surface area contributed by atoms with E-state index in [-0.39, 0.29) is 17.2 Å². The van der Waals surface area contributed by atoms with Crippen molar-refractivity contribution in [3.8, 4) is 40.2 Å². The van der Waals surface area contributed by atoms with Gasteiger partial charge in [-0.2, -0.15) is 8.78 Å². The van der Waals surface area contributed by atoms with Crippen LogP contribution in [0.15, 0.2) is 54.6 Å². The summed E-state index contributed by atoms with van der Waals surface area (Å²) in [6.07, 6.45) is -4.38. The molecule has 0 aliphatic rings. The molecule has 3 aromatic carbocycles. The van der Waals surface area contributed by atoms with Gasteiger partial charge < -0.3 is 23.7 Å². The molecule has 0 heterocycles. The summed E-state index contributed by atoms with van der Waals surface area (Å²) in [6, 6.07) is 9.78. The first-order chi connectivity index (χ1) is 16.1. The molecule has 0 amide bonds. The molecule has 6 nitrogen and oxygen atoms in total. The highest BCUT2D eigenvalue weighted by Gasteiger charge is 2.31. The van der Waals surface area contributed by atoms with Gasteiger partial charge in [-0.1, -0.05) is 0 Å². The lowest BCUT2D eigenvalue weighted by Gasteiger charge is -2.17. The van der Waals surface area contributed by atoms with Crippen molar-refractivity contribution < 1.29 is 54.8 Å². The van der Waals surface area contributed by atoms with Gasteiger partial charge in [0, 0.05) is 23.8 Å². The van der Waals surface area contributed by atoms with E-state index in [1.54, 1.807) is 0 Å². The lowest BCUT2D eigenvalue weighted by molar-refractivity contribution is -0.274. The van der Waals surface area contributed by atoms with Crippen LogP contribution in [0.3, 0.4) is 0 Å². The minimum Gasteiger partial charge on any atom is -0.493 e. The van der Waals surface area contributed by atoms with Gasteiger partial charge in [0.2, 0.25) is 5.75 Å². The zero-order chi connectivity index (χ0) is 24.9. The molecule has 0 unspecified atom stereocenters. The first kappa shape index (κ1) is 24.6. The molecule has 0 radical (unpaired) electrons. The zero-order valence-electron chi connectivity index (χ0n) is 17.1. The summed E-state index contributed by atoms with van der Waals surface area (Å²) >= 11 is 0. The Morgan fingerprint density at radius 2 is 1.47 bits per heavy atom. The van der Waals surface area contributed by atoms with Gasteiger partial charge in [-0.05, 0) is 36.4 Å². The van der Waals surface area contributed by atoms with Crippen LogP contribution in [0.4, 0.5) is 26.3 Å². The van der Waals surface area contributed by atoms with Gasteiger partial charge in [0.05, 0.1) is 7.11 Å². The number of hydrogen-bond donors (Lipinski definition) is 0. The van der Waals surface area contributed by atoms with Crippen molar-refractivity contribution in [2.45, 2.75) is 13.0 Å². The molecule has 0 aliphatic heterocycles. The van der Waals surface area contributed by atoms with Crippen LogP contribution < -0.4 is 23.7 Å². The SMILES string of the molecule is COc1cc(OC(F)(F)F)ccc1Oc1cc(OC(F)F)cc(F)c1Oc1ccc(C=O)cc1. The van der Waals surface area contributed by atoms with Crippen LogP contribution in [0.1, 0.15) is 10.4 Å². The number of hydrogen-bond acceptors (Lipinski definition) is 6. The molecule has 34 heavy (non-hydrogen) atoms. The van der Waals surface area contributed by atoms with E-state index in [2.05, 4.69) is 9.47 Å². The lowest BCUT2D eigenvalue weighted by Crippen LogP contribution is -2.17. The average molecular weight is 488 g/mol. The van der Waals surface area contributed by atoms with Crippen molar-refractivity contribution in [3.05, 3.63) is 66.0 Å². The van der Waals surface area contributed by atoms with Crippen LogP contribution in [0.5, 0.6) is 40.2 Å². The second-order valence-electron chi connectivity index (χ2n) is 6.36. The number of benzene rings is 3. The number of halogens is 6. The minimum atomic E-state index is -4.96. The maximum absolute atomic E-state index is 14.8. The molecular weight excluding hydrogens is 474 g/mol. The summed E-state index contributed by atoms with van der Waals surface area (Å²) in [5.41, 5.74) is 0.316. The summed E-state index contributed by atoms with van der Waals surface area (Å²) < 4.78 is 102. The number of methoxy groups -OCH3 is 1. The van der Waals surface area contributed by atoms with Crippen LogP contribution >= 0.6 is 0 Å². The first-order valence-corrected chi connectivity index (χ1v) is 9.21. The number of aldehydes is 1. The molecule has 0 aliphatic carbocycles. The second kappa shape index (κ2) is 10.2. The molecule has 0 saturated heterocycles. The molecule has 0 atom stereocenters. The van der Waals surface area contributed by atoms with Crippen molar-refractivity contribution in [1.29, 1.82) is 0 Å². The monoisotopic (exact) mass is 488 g/mol. The fourth-order valence-corrected chi connectivity index (χ4v) is 2.67. The predicted octanol–water partition coefficient (Wildman–Crippen LogP) is 6.73. The minimum absolute atomic E-state index is 0.0674. The second-order valence-corrected chi connectivity index (χ2v) is 6.36. The number of alkyl halides is 5. The van der Waals surface area contributed by atoms with Gasteiger partial charge in [-0.25, -0.2) is 4.39 Å². The Hall–Kier alpha value is -4.09. The lowest BCUT2D eigenvalue weighted by atomic mass is 10.2. The summed E-state index contributed by atoms with van der Waals surface area (Å²) in [6.45, 7) is -3.27.